The van der Waals surface area contributed by atoms with E-state index in [2.05, 4.69) is 0 Å². The lowest BCUT2D eigenvalue weighted by Crippen LogP contribution is -2.15. The molecular weight excluding hydrogens is 292 g/mol. The highest BCUT2D eigenvalue weighted by molar-refractivity contribution is 5.99. The molecular formula is C19H28O4. The minimum atomic E-state index is 0.107. The van der Waals surface area contributed by atoms with Crippen LogP contribution >= 0.6 is 0 Å². The van der Waals surface area contributed by atoms with E-state index in [1.807, 2.05) is 0 Å². The first-order valence-electron chi connectivity index (χ1n) is 8.55. The molecule has 1 aromatic rings. The highest BCUT2D eigenvalue weighted by Crippen LogP contribution is 2.39. The zero-order valence-electron chi connectivity index (χ0n) is 14.5. The van der Waals surface area contributed by atoms with E-state index in [1.165, 1.54) is 25.7 Å². The quantitative estimate of drug-likeness (QED) is 0.741. The molecule has 4 heteroatoms. The third-order valence-corrected chi connectivity index (χ3v) is 4.68. The first kappa shape index (κ1) is 17.6. The Hall–Kier alpha value is -1.71. The van der Waals surface area contributed by atoms with Crippen LogP contribution in [-0.2, 0) is 0 Å². The average Bonchev–Trinajstić information content (AvgIpc) is 2.73. The van der Waals surface area contributed by atoms with Gasteiger partial charge in [-0.3, -0.25) is 4.79 Å². The van der Waals surface area contributed by atoms with Crippen LogP contribution in [0.15, 0.2) is 12.1 Å². The van der Waals surface area contributed by atoms with Gasteiger partial charge in [0.2, 0.25) is 5.75 Å². The van der Waals surface area contributed by atoms with Crippen molar-refractivity contribution in [2.45, 2.75) is 51.4 Å². The monoisotopic (exact) mass is 320 g/mol. The van der Waals surface area contributed by atoms with Crippen LogP contribution in [0, 0.1) is 5.92 Å². The number of ether oxygens (including phenoxy) is 3. The van der Waals surface area contributed by atoms with Crippen LogP contribution in [-0.4, -0.2) is 27.1 Å². The number of benzene rings is 1. The first-order chi connectivity index (χ1) is 11.2. The maximum absolute atomic E-state index is 13.0. The largest absolute Gasteiger partial charge is 0.493 e. The molecule has 1 aliphatic rings. The van der Waals surface area contributed by atoms with Gasteiger partial charge in [0.1, 0.15) is 0 Å². The molecule has 0 radical (unpaired) electrons. The molecule has 0 amide bonds. The molecule has 1 fully saturated rings. The predicted octanol–water partition coefficient (Wildman–Crippen LogP) is 4.65. The van der Waals surface area contributed by atoms with Gasteiger partial charge in [0.05, 0.1) is 21.3 Å². The van der Waals surface area contributed by atoms with Gasteiger partial charge in [-0.15, -0.1) is 0 Å². The highest BCUT2D eigenvalue weighted by Gasteiger charge is 2.23. The lowest BCUT2D eigenvalue weighted by Gasteiger charge is -2.17. The molecule has 1 aliphatic carbocycles. The van der Waals surface area contributed by atoms with Gasteiger partial charge in [-0.05, 0) is 25.0 Å². The van der Waals surface area contributed by atoms with E-state index in [-0.39, 0.29) is 11.7 Å². The van der Waals surface area contributed by atoms with E-state index >= 15 is 0 Å². The van der Waals surface area contributed by atoms with Gasteiger partial charge in [-0.25, -0.2) is 0 Å². The summed E-state index contributed by atoms with van der Waals surface area (Å²) >= 11 is 0. The molecule has 1 aromatic carbocycles. The van der Waals surface area contributed by atoms with E-state index < -0.39 is 0 Å². The molecule has 0 aliphatic heterocycles. The summed E-state index contributed by atoms with van der Waals surface area (Å²) in [6.45, 7) is 0. The van der Waals surface area contributed by atoms with Crippen molar-refractivity contribution in [2.75, 3.05) is 21.3 Å². The van der Waals surface area contributed by atoms with Crippen molar-refractivity contribution in [2.24, 2.45) is 5.92 Å². The number of carbonyl (C=O) groups excluding carboxylic acids is 1. The molecule has 0 N–H and O–H groups in total. The maximum Gasteiger partial charge on any atom is 0.203 e. The number of methoxy groups -OCH3 is 3. The summed E-state index contributed by atoms with van der Waals surface area (Å²) in [7, 11) is 4.72. The van der Waals surface area contributed by atoms with Crippen LogP contribution in [0.5, 0.6) is 17.2 Å². The fourth-order valence-electron chi connectivity index (χ4n) is 3.35. The van der Waals surface area contributed by atoms with Crippen molar-refractivity contribution >= 4 is 5.78 Å². The minimum absolute atomic E-state index is 0.107. The lowest BCUT2D eigenvalue weighted by molar-refractivity contribution is 0.0902. The van der Waals surface area contributed by atoms with Crippen molar-refractivity contribution in [3.63, 3.8) is 0 Å². The summed E-state index contributed by atoms with van der Waals surface area (Å²) in [4.78, 5) is 13.0. The van der Waals surface area contributed by atoms with Crippen LogP contribution < -0.4 is 14.2 Å². The fraction of sp³-hybridized carbons (Fsp3) is 0.632. The Morgan fingerprint density at radius 2 is 1.30 bits per heavy atom. The van der Waals surface area contributed by atoms with Crippen LogP contribution in [0.4, 0.5) is 0 Å². The number of ketones is 1. The van der Waals surface area contributed by atoms with Gasteiger partial charge in [0.25, 0.3) is 0 Å². The zero-order chi connectivity index (χ0) is 16.7. The molecule has 0 spiro atoms. The van der Waals surface area contributed by atoms with Crippen LogP contribution in [0.25, 0.3) is 0 Å². The Bertz CT molecular complexity index is 489. The zero-order valence-corrected chi connectivity index (χ0v) is 14.5. The predicted molar refractivity (Wildman–Crippen MR) is 90.9 cm³/mol. The van der Waals surface area contributed by atoms with Crippen molar-refractivity contribution in [3.8, 4) is 17.2 Å². The second-order valence-corrected chi connectivity index (χ2v) is 6.17. The van der Waals surface area contributed by atoms with Gasteiger partial charge >= 0.3 is 0 Å². The van der Waals surface area contributed by atoms with Gasteiger partial charge in [-0.2, -0.15) is 0 Å². The maximum atomic E-state index is 13.0. The third-order valence-electron chi connectivity index (χ3n) is 4.68. The topological polar surface area (TPSA) is 44.8 Å². The molecule has 0 unspecified atom stereocenters. The lowest BCUT2D eigenvalue weighted by atomic mass is 9.89. The average molecular weight is 320 g/mol. The van der Waals surface area contributed by atoms with E-state index in [0.717, 1.165) is 25.7 Å². The van der Waals surface area contributed by atoms with Crippen molar-refractivity contribution in [3.05, 3.63) is 17.7 Å². The normalized spacial score (nSPS) is 16.8. The van der Waals surface area contributed by atoms with Crippen molar-refractivity contribution in [1.29, 1.82) is 0 Å². The summed E-state index contributed by atoms with van der Waals surface area (Å²) in [5, 5.41) is 0. The van der Waals surface area contributed by atoms with Gasteiger partial charge in [0, 0.05) is 11.5 Å². The molecule has 1 saturated carbocycles. The molecule has 0 bridgehead atoms. The first-order valence-corrected chi connectivity index (χ1v) is 8.55. The van der Waals surface area contributed by atoms with E-state index in [9.17, 15) is 4.79 Å². The summed E-state index contributed by atoms with van der Waals surface area (Å²) in [6, 6.07) is 3.55. The molecule has 0 aromatic heterocycles. The van der Waals surface area contributed by atoms with Crippen molar-refractivity contribution in [1.82, 2.24) is 0 Å². The molecule has 0 atom stereocenters. The number of rotatable bonds is 5. The number of carbonyl (C=O) groups is 1. The van der Waals surface area contributed by atoms with E-state index in [1.54, 1.807) is 33.5 Å². The summed E-state index contributed by atoms with van der Waals surface area (Å²) in [6.07, 6.45) is 9.31. The minimum Gasteiger partial charge on any atom is -0.493 e. The van der Waals surface area contributed by atoms with Gasteiger partial charge < -0.3 is 14.2 Å². The smallest absolute Gasteiger partial charge is 0.203 e. The van der Waals surface area contributed by atoms with Crippen LogP contribution in [0.3, 0.4) is 0 Å². The van der Waals surface area contributed by atoms with Crippen LogP contribution in [0.2, 0.25) is 0 Å². The van der Waals surface area contributed by atoms with Crippen LogP contribution in [0.1, 0.15) is 61.7 Å². The molecule has 4 nitrogen and oxygen atoms in total. The number of hydrogen-bond donors (Lipinski definition) is 0. The summed E-state index contributed by atoms with van der Waals surface area (Å²) in [5.74, 6) is 1.92. The standard InChI is InChI=1S/C19H28O4/c1-21-16-12-15(13-17(22-2)19(16)23-3)18(20)14-10-8-6-4-5-7-9-11-14/h12-14H,4-11H2,1-3H3. The Morgan fingerprint density at radius 1 is 0.826 bits per heavy atom. The number of Topliss-reactive ketones (excluding diaryl/α,β-unsaturated/α-hetero) is 1. The highest BCUT2D eigenvalue weighted by atomic mass is 16.5. The fourth-order valence-corrected chi connectivity index (χ4v) is 3.35. The van der Waals surface area contributed by atoms with E-state index in [4.69, 9.17) is 14.2 Å². The second kappa shape index (κ2) is 8.80. The Morgan fingerprint density at radius 3 is 1.74 bits per heavy atom. The number of hydrogen-bond acceptors (Lipinski definition) is 4. The Kier molecular flexibility index (Phi) is 6.75. The van der Waals surface area contributed by atoms with Crippen molar-refractivity contribution < 1.29 is 19.0 Å². The Labute approximate surface area is 139 Å². The van der Waals surface area contributed by atoms with Gasteiger partial charge in [0.15, 0.2) is 17.3 Å². The summed E-state index contributed by atoms with van der Waals surface area (Å²) < 4.78 is 16.1. The molecule has 128 valence electrons. The molecule has 0 saturated heterocycles. The van der Waals surface area contributed by atoms with Gasteiger partial charge in [-0.1, -0.05) is 38.5 Å². The molecule has 23 heavy (non-hydrogen) atoms. The summed E-state index contributed by atoms with van der Waals surface area (Å²) in [5.41, 5.74) is 0.656. The second-order valence-electron chi connectivity index (χ2n) is 6.17. The van der Waals surface area contributed by atoms with E-state index in [0.29, 0.717) is 22.8 Å². The molecule has 0 heterocycles. The Balaban J connectivity index is 2.26. The third kappa shape index (κ3) is 4.40. The SMILES string of the molecule is COc1cc(C(=O)C2CCCCCCCC2)cc(OC)c1OC. The molecule has 2 rings (SSSR count).